The summed E-state index contributed by atoms with van der Waals surface area (Å²) in [6, 6.07) is 1.74. The third-order valence-corrected chi connectivity index (χ3v) is 5.40. The van der Waals surface area contributed by atoms with Gasteiger partial charge in [0.1, 0.15) is 0 Å². The van der Waals surface area contributed by atoms with Crippen LogP contribution in [0.15, 0.2) is 0 Å². The Kier molecular flexibility index (Phi) is 4.98. The first kappa shape index (κ1) is 14.9. The van der Waals surface area contributed by atoms with Crippen LogP contribution >= 0.6 is 11.3 Å². The molecule has 4 heteroatoms. The summed E-state index contributed by atoms with van der Waals surface area (Å²) in [7, 11) is 0. The maximum Gasteiger partial charge on any atom is 0.0900 e. The van der Waals surface area contributed by atoms with Crippen LogP contribution in [-0.4, -0.2) is 35.1 Å². The molecule has 0 aliphatic carbocycles. The fraction of sp³-hybridized carbons (Fsp3) is 0.800. The van der Waals surface area contributed by atoms with Gasteiger partial charge < -0.3 is 5.32 Å². The second-order valence-electron chi connectivity index (χ2n) is 5.80. The number of hydrogen-bond donors (Lipinski definition) is 1. The third kappa shape index (κ3) is 3.36. The van der Waals surface area contributed by atoms with Gasteiger partial charge in [0, 0.05) is 36.1 Å². The molecule has 3 atom stereocenters. The van der Waals surface area contributed by atoms with Crippen molar-refractivity contribution in [2.45, 2.75) is 65.6 Å². The summed E-state index contributed by atoms with van der Waals surface area (Å²) in [6.07, 6.45) is 2.53. The van der Waals surface area contributed by atoms with Crippen LogP contribution in [-0.2, 0) is 0 Å². The maximum absolute atomic E-state index is 4.58. The van der Waals surface area contributed by atoms with Crippen molar-refractivity contribution in [3.8, 4) is 0 Å². The van der Waals surface area contributed by atoms with Crippen LogP contribution in [0.4, 0.5) is 0 Å². The summed E-state index contributed by atoms with van der Waals surface area (Å²) in [4.78, 5) is 8.68. The summed E-state index contributed by atoms with van der Waals surface area (Å²) in [6.45, 7) is 13.4. The molecule has 2 rings (SSSR count). The van der Waals surface area contributed by atoms with Gasteiger partial charge in [0.15, 0.2) is 0 Å². The lowest BCUT2D eigenvalue weighted by Gasteiger charge is -2.42. The molecule has 0 radical (unpaired) electrons. The van der Waals surface area contributed by atoms with Gasteiger partial charge in [-0.15, -0.1) is 11.3 Å². The summed E-state index contributed by atoms with van der Waals surface area (Å²) in [5.41, 5.74) is 1.22. The normalized spacial score (nSPS) is 26.6. The van der Waals surface area contributed by atoms with Crippen molar-refractivity contribution in [2.24, 2.45) is 0 Å². The minimum Gasteiger partial charge on any atom is -0.311 e. The van der Waals surface area contributed by atoms with Crippen molar-refractivity contribution in [1.82, 2.24) is 15.2 Å². The third-order valence-electron chi connectivity index (χ3n) is 4.15. The topological polar surface area (TPSA) is 28.2 Å². The zero-order valence-electron chi connectivity index (χ0n) is 12.9. The first-order valence-corrected chi connectivity index (χ1v) is 8.27. The largest absolute Gasteiger partial charge is 0.311 e. The van der Waals surface area contributed by atoms with Crippen molar-refractivity contribution in [1.29, 1.82) is 0 Å². The SMILES string of the molecule is CCCC1CN(C(C)c2sc(C)nc2C)C(C)CN1. The lowest BCUT2D eigenvalue weighted by Crippen LogP contribution is -2.55. The Morgan fingerprint density at radius 2 is 2.21 bits per heavy atom. The Bertz CT molecular complexity index is 416. The quantitative estimate of drug-likeness (QED) is 0.918. The van der Waals surface area contributed by atoms with Crippen LogP contribution < -0.4 is 5.32 Å². The molecule has 0 amide bonds. The van der Waals surface area contributed by atoms with E-state index in [9.17, 15) is 0 Å². The molecule has 3 unspecified atom stereocenters. The van der Waals surface area contributed by atoms with E-state index in [2.05, 4.69) is 49.8 Å². The average molecular weight is 281 g/mol. The number of aromatic nitrogens is 1. The monoisotopic (exact) mass is 281 g/mol. The summed E-state index contributed by atoms with van der Waals surface area (Å²) in [5, 5.41) is 4.86. The zero-order valence-corrected chi connectivity index (χ0v) is 13.7. The first-order chi connectivity index (χ1) is 9.02. The molecule has 1 aliphatic rings. The highest BCUT2D eigenvalue weighted by Gasteiger charge is 2.30. The number of rotatable bonds is 4. The molecule has 2 heterocycles. The summed E-state index contributed by atoms with van der Waals surface area (Å²) in [5.74, 6) is 0. The Labute approximate surface area is 121 Å². The van der Waals surface area contributed by atoms with Gasteiger partial charge in [-0.2, -0.15) is 0 Å². The van der Waals surface area contributed by atoms with E-state index >= 15 is 0 Å². The van der Waals surface area contributed by atoms with E-state index in [4.69, 9.17) is 0 Å². The van der Waals surface area contributed by atoms with Gasteiger partial charge in [-0.1, -0.05) is 13.3 Å². The van der Waals surface area contributed by atoms with Crippen LogP contribution in [0.1, 0.15) is 55.2 Å². The van der Waals surface area contributed by atoms with Crippen LogP contribution in [0, 0.1) is 13.8 Å². The number of nitrogens with zero attached hydrogens (tertiary/aromatic N) is 2. The molecule has 0 bridgehead atoms. The number of thiazole rings is 1. The highest BCUT2D eigenvalue weighted by atomic mass is 32.1. The Morgan fingerprint density at radius 3 is 2.79 bits per heavy atom. The molecule has 0 aromatic carbocycles. The fourth-order valence-electron chi connectivity index (χ4n) is 3.12. The molecule has 1 aliphatic heterocycles. The van der Waals surface area contributed by atoms with Crippen molar-refractivity contribution in [2.75, 3.05) is 13.1 Å². The van der Waals surface area contributed by atoms with Gasteiger partial charge in [0.2, 0.25) is 0 Å². The Morgan fingerprint density at radius 1 is 1.47 bits per heavy atom. The van der Waals surface area contributed by atoms with E-state index in [1.807, 2.05) is 11.3 Å². The van der Waals surface area contributed by atoms with E-state index < -0.39 is 0 Å². The summed E-state index contributed by atoms with van der Waals surface area (Å²) < 4.78 is 0. The predicted octanol–water partition coefficient (Wildman–Crippen LogP) is 3.28. The number of nitrogens with one attached hydrogen (secondary N) is 1. The smallest absolute Gasteiger partial charge is 0.0900 e. The van der Waals surface area contributed by atoms with Crippen LogP contribution in [0.2, 0.25) is 0 Å². The molecule has 3 nitrogen and oxygen atoms in total. The first-order valence-electron chi connectivity index (χ1n) is 7.46. The lowest BCUT2D eigenvalue weighted by molar-refractivity contribution is 0.0971. The summed E-state index contributed by atoms with van der Waals surface area (Å²) >= 11 is 1.86. The van der Waals surface area contributed by atoms with Gasteiger partial charge in [0.25, 0.3) is 0 Å². The Hall–Kier alpha value is -0.450. The van der Waals surface area contributed by atoms with E-state index in [0.29, 0.717) is 18.1 Å². The van der Waals surface area contributed by atoms with Gasteiger partial charge in [-0.05, 0) is 34.1 Å². The Balaban J connectivity index is 2.12. The average Bonchev–Trinajstić information content (AvgIpc) is 2.70. The number of piperazine rings is 1. The lowest BCUT2D eigenvalue weighted by atomic mass is 10.0. The van der Waals surface area contributed by atoms with E-state index in [0.717, 1.165) is 13.1 Å². The molecule has 1 aromatic rings. The van der Waals surface area contributed by atoms with Crippen molar-refractivity contribution in [3.05, 3.63) is 15.6 Å². The van der Waals surface area contributed by atoms with Crippen molar-refractivity contribution in [3.63, 3.8) is 0 Å². The molecule has 108 valence electrons. The standard InChI is InChI=1S/C15H27N3S/c1-6-7-14-9-18(10(2)8-16-14)12(4)15-11(3)17-13(5)19-15/h10,12,14,16H,6-9H2,1-5H3. The van der Waals surface area contributed by atoms with Crippen LogP contribution in [0.25, 0.3) is 0 Å². The van der Waals surface area contributed by atoms with Crippen molar-refractivity contribution >= 4 is 11.3 Å². The minimum atomic E-state index is 0.489. The second-order valence-corrected chi connectivity index (χ2v) is 7.03. The van der Waals surface area contributed by atoms with Gasteiger partial charge in [-0.25, -0.2) is 4.98 Å². The van der Waals surface area contributed by atoms with E-state index in [1.165, 1.54) is 28.4 Å². The van der Waals surface area contributed by atoms with Crippen molar-refractivity contribution < 1.29 is 0 Å². The molecule has 19 heavy (non-hydrogen) atoms. The highest BCUT2D eigenvalue weighted by molar-refractivity contribution is 7.11. The number of aryl methyl sites for hydroxylation is 2. The predicted molar refractivity (Wildman–Crippen MR) is 82.9 cm³/mol. The van der Waals surface area contributed by atoms with E-state index in [1.54, 1.807) is 0 Å². The van der Waals surface area contributed by atoms with Crippen LogP contribution in [0.3, 0.4) is 0 Å². The van der Waals surface area contributed by atoms with Gasteiger partial charge in [-0.3, -0.25) is 4.90 Å². The molecule has 1 saturated heterocycles. The maximum atomic E-state index is 4.58. The van der Waals surface area contributed by atoms with Gasteiger partial charge in [0.05, 0.1) is 10.7 Å². The molecular weight excluding hydrogens is 254 g/mol. The second kappa shape index (κ2) is 6.33. The number of hydrogen-bond acceptors (Lipinski definition) is 4. The molecule has 1 fully saturated rings. The highest BCUT2D eigenvalue weighted by Crippen LogP contribution is 2.31. The fourth-order valence-corrected chi connectivity index (χ4v) is 4.12. The molecule has 0 spiro atoms. The van der Waals surface area contributed by atoms with E-state index in [-0.39, 0.29) is 0 Å². The molecule has 1 N–H and O–H groups in total. The van der Waals surface area contributed by atoms with Gasteiger partial charge >= 0.3 is 0 Å². The molecule has 1 aromatic heterocycles. The molecular formula is C15H27N3S. The molecule has 0 saturated carbocycles. The van der Waals surface area contributed by atoms with Crippen LogP contribution in [0.5, 0.6) is 0 Å². The minimum absolute atomic E-state index is 0.489. The zero-order chi connectivity index (χ0) is 14.0.